The number of nitrogens with one attached hydrogen (secondary N) is 1. The number of carbonyl (C=O) groups is 2. The first-order chi connectivity index (χ1) is 19.3. The second-order valence-corrected chi connectivity index (χ2v) is 10.2. The number of benzene rings is 2. The van der Waals surface area contributed by atoms with Gasteiger partial charge in [-0.25, -0.2) is 9.59 Å². The van der Waals surface area contributed by atoms with Gasteiger partial charge in [0.05, 0.1) is 21.9 Å². The molecule has 0 amide bonds. The van der Waals surface area contributed by atoms with E-state index in [0.29, 0.717) is 28.0 Å². The number of carboxylic acid groups (broad SMARTS) is 2. The molecule has 3 heterocycles. The van der Waals surface area contributed by atoms with Crippen LogP contribution in [0, 0.1) is 13.8 Å². The standard InChI is InChI=1S/C27H22N2O4S.C2HF3O2/c1-14-10-19(16(3)29-21-7-5-4-6-18(21)27(31)32)26-20(11-14)24(30)15(2)25(33-26)23-12-17-13-28-9-8-22(17)34-23;3-2(4,5)1(6)7/h4-13,16,29H,1-3H3,(H,31,32);(H,6,7). The number of aliphatic carboxylic acids is 1. The molecule has 212 valence electrons. The highest BCUT2D eigenvalue weighted by molar-refractivity contribution is 7.22. The summed E-state index contributed by atoms with van der Waals surface area (Å²) in [5.41, 5.74) is 3.38. The van der Waals surface area contributed by atoms with Crippen LogP contribution in [0.15, 0.2) is 70.1 Å². The Morgan fingerprint density at radius 1 is 1.07 bits per heavy atom. The quantitative estimate of drug-likeness (QED) is 0.198. The number of fused-ring (bicyclic) bond motifs is 2. The van der Waals surface area contributed by atoms with Crippen LogP contribution in [-0.4, -0.2) is 33.3 Å². The van der Waals surface area contributed by atoms with E-state index in [1.807, 2.05) is 38.1 Å². The van der Waals surface area contributed by atoms with Crippen molar-refractivity contribution in [1.29, 1.82) is 0 Å². The summed E-state index contributed by atoms with van der Waals surface area (Å²) < 4.78 is 39.2. The lowest BCUT2D eigenvalue weighted by molar-refractivity contribution is -0.192. The van der Waals surface area contributed by atoms with Gasteiger partial charge in [0, 0.05) is 39.3 Å². The van der Waals surface area contributed by atoms with Gasteiger partial charge in [-0.2, -0.15) is 13.2 Å². The lowest BCUT2D eigenvalue weighted by Crippen LogP contribution is -2.21. The third-order valence-electron chi connectivity index (χ3n) is 6.17. The van der Waals surface area contributed by atoms with Crippen LogP contribution >= 0.6 is 11.3 Å². The number of halogens is 3. The SMILES string of the molecule is Cc1cc(C(C)Nc2ccccc2C(=O)O)c2oc(-c3cc4cnccc4s3)c(C)c(=O)c2c1.O=C(O)C(F)(F)F. The molecule has 0 aliphatic rings. The predicted octanol–water partition coefficient (Wildman–Crippen LogP) is 7.19. The monoisotopic (exact) mass is 584 g/mol. The van der Waals surface area contributed by atoms with E-state index in [1.165, 1.54) is 0 Å². The van der Waals surface area contributed by atoms with Gasteiger partial charge >= 0.3 is 18.1 Å². The molecule has 41 heavy (non-hydrogen) atoms. The summed E-state index contributed by atoms with van der Waals surface area (Å²) in [6.07, 6.45) is -1.54. The second-order valence-electron chi connectivity index (χ2n) is 9.16. The molecule has 0 aliphatic heterocycles. The van der Waals surface area contributed by atoms with E-state index in [4.69, 9.17) is 14.3 Å². The van der Waals surface area contributed by atoms with E-state index in [-0.39, 0.29) is 17.0 Å². The highest BCUT2D eigenvalue weighted by Gasteiger charge is 2.38. The lowest BCUT2D eigenvalue weighted by Gasteiger charge is -2.19. The molecule has 5 rings (SSSR count). The van der Waals surface area contributed by atoms with E-state index >= 15 is 0 Å². The zero-order chi connectivity index (χ0) is 30.1. The first-order valence-corrected chi connectivity index (χ1v) is 12.9. The molecule has 1 unspecified atom stereocenters. The summed E-state index contributed by atoms with van der Waals surface area (Å²) in [6.45, 7) is 5.65. The average molecular weight is 585 g/mol. The van der Waals surface area contributed by atoms with Crippen molar-refractivity contribution in [3.8, 4) is 10.6 Å². The van der Waals surface area contributed by atoms with E-state index in [0.717, 1.165) is 26.1 Å². The van der Waals surface area contributed by atoms with Crippen molar-refractivity contribution in [3.63, 3.8) is 0 Å². The number of hydrogen-bond donors (Lipinski definition) is 3. The Labute approximate surface area is 234 Å². The number of hydrogen-bond acceptors (Lipinski definition) is 7. The largest absolute Gasteiger partial charge is 0.490 e. The number of alkyl halides is 3. The topological polar surface area (TPSA) is 130 Å². The summed E-state index contributed by atoms with van der Waals surface area (Å²) in [4.78, 5) is 39.0. The van der Waals surface area contributed by atoms with Gasteiger partial charge in [-0.1, -0.05) is 18.2 Å². The number of nitrogens with zero attached hydrogens (tertiary/aromatic N) is 1. The van der Waals surface area contributed by atoms with Gasteiger partial charge in [0.25, 0.3) is 0 Å². The van der Waals surface area contributed by atoms with Crippen LogP contribution < -0.4 is 10.7 Å². The number of aromatic carboxylic acids is 1. The highest BCUT2D eigenvalue weighted by atomic mass is 32.1. The minimum atomic E-state index is -5.08. The Hall–Kier alpha value is -4.71. The number of carboxylic acids is 2. The molecule has 0 fully saturated rings. The second kappa shape index (κ2) is 11.4. The van der Waals surface area contributed by atoms with Crippen LogP contribution in [0.25, 0.3) is 31.7 Å². The summed E-state index contributed by atoms with van der Waals surface area (Å²) in [7, 11) is 0. The molecule has 0 bridgehead atoms. The molecule has 1 atom stereocenters. The number of thiophene rings is 1. The van der Waals surface area contributed by atoms with Crippen LogP contribution in [0.5, 0.6) is 0 Å². The summed E-state index contributed by atoms with van der Waals surface area (Å²) in [5.74, 6) is -3.22. The molecule has 0 spiro atoms. The molecule has 12 heteroatoms. The van der Waals surface area contributed by atoms with E-state index in [2.05, 4.69) is 10.3 Å². The number of pyridine rings is 1. The molecule has 0 saturated heterocycles. The fourth-order valence-electron chi connectivity index (χ4n) is 4.23. The maximum atomic E-state index is 13.4. The van der Waals surface area contributed by atoms with Crippen molar-refractivity contribution >= 4 is 50.0 Å². The molecule has 2 aromatic carbocycles. The number of rotatable bonds is 5. The number of para-hydroxylation sites is 1. The minimum Gasteiger partial charge on any atom is -0.478 e. The fourth-order valence-corrected chi connectivity index (χ4v) is 5.30. The third-order valence-corrected chi connectivity index (χ3v) is 7.29. The molecule has 0 saturated carbocycles. The molecule has 5 aromatic rings. The Balaban J connectivity index is 0.000000493. The predicted molar refractivity (Wildman–Crippen MR) is 150 cm³/mol. The Bertz CT molecular complexity index is 1810. The Kier molecular flexibility index (Phi) is 8.15. The molecule has 8 nitrogen and oxygen atoms in total. The van der Waals surface area contributed by atoms with Crippen molar-refractivity contribution in [2.24, 2.45) is 0 Å². The van der Waals surface area contributed by atoms with Crippen LogP contribution in [0.3, 0.4) is 0 Å². The molecule has 3 aromatic heterocycles. The van der Waals surface area contributed by atoms with Crippen LogP contribution in [-0.2, 0) is 4.79 Å². The van der Waals surface area contributed by atoms with Crippen molar-refractivity contribution in [1.82, 2.24) is 4.98 Å². The van der Waals surface area contributed by atoms with E-state index in [9.17, 15) is 27.9 Å². The van der Waals surface area contributed by atoms with Gasteiger partial charge in [-0.05, 0) is 56.7 Å². The minimum absolute atomic E-state index is 0.0742. The highest BCUT2D eigenvalue weighted by Crippen LogP contribution is 2.37. The number of aryl methyl sites for hydroxylation is 1. The van der Waals surface area contributed by atoms with Crippen LogP contribution in [0.1, 0.15) is 40.0 Å². The summed E-state index contributed by atoms with van der Waals surface area (Å²) in [6, 6.07) is 14.2. The summed E-state index contributed by atoms with van der Waals surface area (Å²) >= 11 is 1.55. The maximum absolute atomic E-state index is 13.4. The van der Waals surface area contributed by atoms with Gasteiger partial charge in [-0.15, -0.1) is 11.3 Å². The molecule has 3 N–H and O–H groups in total. The van der Waals surface area contributed by atoms with Gasteiger partial charge in [0.15, 0.2) is 11.2 Å². The van der Waals surface area contributed by atoms with E-state index in [1.54, 1.807) is 54.9 Å². The van der Waals surface area contributed by atoms with Gasteiger partial charge < -0.3 is 19.9 Å². The first kappa shape index (κ1) is 29.3. The molecular formula is C29H23F3N2O6S. The van der Waals surface area contributed by atoms with Crippen molar-refractivity contribution < 1.29 is 37.4 Å². The third kappa shape index (κ3) is 6.22. The average Bonchev–Trinajstić information content (AvgIpc) is 3.34. The zero-order valence-corrected chi connectivity index (χ0v) is 22.7. The normalized spacial score (nSPS) is 12.0. The maximum Gasteiger partial charge on any atom is 0.490 e. The van der Waals surface area contributed by atoms with Crippen LogP contribution in [0.4, 0.5) is 18.9 Å². The molecule has 0 aliphatic carbocycles. The Morgan fingerprint density at radius 2 is 1.76 bits per heavy atom. The van der Waals surface area contributed by atoms with E-state index < -0.39 is 18.1 Å². The number of anilines is 1. The van der Waals surface area contributed by atoms with Gasteiger partial charge in [0.1, 0.15) is 5.58 Å². The zero-order valence-electron chi connectivity index (χ0n) is 21.9. The van der Waals surface area contributed by atoms with Crippen molar-refractivity contribution in [2.75, 3.05) is 5.32 Å². The van der Waals surface area contributed by atoms with Gasteiger partial charge in [0.2, 0.25) is 0 Å². The van der Waals surface area contributed by atoms with Crippen molar-refractivity contribution in [3.05, 3.63) is 93.4 Å². The lowest BCUT2D eigenvalue weighted by atomic mass is 9.99. The van der Waals surface area contributed by atoms with Crippen LogP contribution in [0.2, 0.25) is 0 Å². The molecular weight excluding hydrogens is 561 g/mol. The fraction of sp³-hybridized carbons (Fsp3) is 0.172. The summed E-state index contributed by atoms with van der Waals surface area (Å²) in [5, 5.41) is 21.5. The number of aromatic nitrogens is 1. The first-order valence-electron chi connectivity index (χ1n) is 12.1. The van der Waals surface area contributed by atoms with Crippen molar-refractivity contribution in [2.45, 2.75) is 33.0 Å². The molecule has 0 radical (unpaired) electrons. The smallest absolute Gasteiger partial charge is 0.478 e. The Morgan fingerprint density at radius 3 is 2.39 bits per heavy atom. The van der Waals surface area contributed by atoms with Gasteiger partial charge in [-0.3, -0.25) is 9.78 Å².